The summed E-state index contributed by atoms with van der Waals surface area (Å²) in [5, 5.41) is 20.2. The summed E-state index contributed by atoms with van der Waals surface area (Å²) >= 11 is 1.60. The van der Waals surface area contributed by atoms with E-state index in [1.54, 1.807) is 31.4 Å². The number of amides is 1. The van der Waals surface area contributed by atoms with Crippen molar-refractivity contribution in [2.75, 3.05) is 17.2 Å². The van der Waals surface area contributed by atoms with Gasteiger partial charge in [-0.2, -0.15) is 0 Å². The van der Waals surface area contributed by atoms with Crippen molar-refractivity contribution in [2.45, 2.75) is 51.7 Å². The van der Waals surface area contributed by atoms with Gasteiger partial charge in [-0.3, -0.25) is 4.79 Å². The molecule has 8 heteroatoms. The van der Waals surface area contributed by atoms with E-state index in [9.17, 15) is 9.90 Å². The number of pyridine rings is 1. The van der Waals surface area contributed by atoms with Crippen LogP contribution in [-0.4, -0.2) is 39.2 Å². The lowest BCUT2D eigenvalue weighted by Crippen LogP contribution is -2.38. The summed E-state index contributed by atoms with van der Waals surface area (Å²) in [6.07, 6.45) is 5.47. The van der Waals surface area contributed by atoms with Gasteiger partial charge in [0.15, 0.2) is 0 Å². The lowest BCUT2D eigenvalue weighted by Gasteiger charge is -2.26. The molecule has 174 valence electrons. The molecule has 0 spiro atoms. The Morgan fingerprint density at radius 1 is 1.24 bits per heavy atom. The van der Waals surface area contributed by atoms with Crippen molar-refractivity contribution in [3.05, 3.63) is 41.5 Å². The van der Waals surface area contributed by atoms with Gasteiger partial charge in [0.25, 0.3) is 5.91 Å². The fraction of sp³-hybridized carbons (Fsp3) is 0.480. The van der Waals surface area contributed by atoms with Gasteiger partial charge < -0.3 is 21.1 Å². The second-order valence-electron chi connectivity index (χ2n) is 9.97. The van der Waals surface area contributed by atoms with E-state index in [0.717, 1.165) is 33.4 Å². The number of carbonyl (C=O) groups is 1. The van der Waals surface area contributed by atoms with Crippen LogP contribution in [0.15, 0.2) is 36.0 Å². The third-order valence-corrected chi connectivity index (χ3v) is 8.05. The monoisotopic (exact) mass is 465 g/mol. The van der Waals surface area contributed by atoms with Crippen LogP contribution in [0.5, 0.6) is 0 Å². The van der Waals surface area contributed by atoms with Gasteiger partial charge in [0, 0.05) is 36.5 Å². The molecule has 3 aromatic rings. The van der Waals surface area contributed by atoms with Gasteiger partial charge in [-0.1, -0.05) is 13.3 Å². The minimum atomic E-state index is -0.856. The number of aliphatic hydroxyl groups is 1. The molecular formula is C25H31N5O2S. The molecule has 33 heavy (non-hydrogen) atoms. The van der Waals surface area contributed by atoms with Crippen molar-refractivity contribution in [1.82, 2.24) is 15.3 Å². The molecule has 2 saturated carbocycles. The topological polar surface area (TPSA) is 99.2 Å². The standard InChI is InChI=1S/C25H31N5O2S/c1-14(25(2,3)32)11-27-24(31)18-12-26-22(10-20(18)30-23-16-5-4-6-17(16)23)29-15-7-8-19-21(9-15)33-13-28-19/h7-10,12-14,16-17,23,32H,4-6,11H2,1-3H3,(H,27,31)(H2,26,29,30). The van der Waals surface area contributed by atoms with Crippen molar-refractivity contribution in [3.8, 4) is 0 Å². The second-order valence-corrected chi connectivity index (χ2v) is 10.9. The maximum atomic E-state index is 13.0. The van der Waals surface area contributed by atoms with Crippen LogP contribution < -0.4 is 16.0 Å². The zero-order valence-corrected chi connectivity index (χ0v) is 20.1. The lowest BCUT2D eigenvalue weighted by molar-refractivity contribution is 0.0252. The summed E-state index contributed by atoms with van der Waals surface area (Å²) in [5.41, 5.74) is 4.24. The van der Waals surface area contributed by atoms with E-state index >= 15 is 0 Å². The number of anilines is 3. The van der Waals surface area contributed by atoms with Gasteiger partial charge in [-0.05, 0) is 56.7 Å². The van der Waals surface area contributed by atoms with E-state index in [4.69, 9.17) is 0 Å². The molecule has 0 bridgehead atoms. The van der Waals surface area contributed by atoms with E-state index in [1.807, 2.05) is 30.6 Å². The molecule has 1 aromatic carbocycles. The zero-order chi connectivity index (χ0) is 23.2. The molecular weight excluding hydrogens is 434 g/mol. The minimum absolute atomic E-state index is 0.0730. The van der Waals surface area contributed by atoms with Gasteiger partial charge in [-0.25, -0.2) is 9.97 Å². The summed E-state index contributed by atoms with van der Waals surface area (Å²) < 4.78 is 1.11. The first-order chi connectivity index (χ1) is 15.8. The Labute approximate surface area is 198 Å². The van der Waals surface area contributed by atoms with Crippen LogP contribution in [0.2, 0.25) is 0 Å². The summed E-state index contributed by atoms with van der Waals surface area (Å²) in [5.74, 6) is 1.87. The molecule has 2 aromatic heterocycles. The smallest absolute Gasteiger partial charge is 0.254 e. The van der Waals surface area contributed by atoms with Gasteiger partial charge in [-0.15, -0.1) is 11.3 Å². The van der Waals surface area contributed by atoms with Gasteiger partial charge in [0.2, 0.25) is 0 Å². The molecule has 1 amide bonds. The normalized spacial score (nSPS) is 22.6. The van der Waals surface area contributed by atoms with E-state index in [2.05, 4.69) is 32.0 Å². The van der Waals surface area contributed by atoms with Crippen molar-refractivity contribution in [3.63, 3.8) is 0 Å². The highest BCUT2D eigenvalue weighted by molar-refractivity contribution is 7.16. The number of fused-ring (bicyclic) bond motifs is 2. The fourth-order valence-electron chi connectivity index (χ4n) is 4.71. The van der Waals surface area contributed by atoms with Gasteiger partial charge in [0.05, 0.1) is 32.6 Å². The number of rotatable bonds is 8. The van der Waals surface area contributed by atoms with Gasteiger partial charge in [0.1, 0.15) is 5.82 Å². The number of hydrogen-bond donors (Lipinski definition) is 4. The van der Waals surface area contributed by atoms with Crippen molar-refractivity contribution in [1.29, 1.82) is 0 Å². The van der Waals surface area contributed by atoms with Crippen molar-refractivity contribution in [2.24, 2.45) is 17.8 Å². The summed E-state index contributed by atoms with van der Waals surface area (Å²) in [6.45, 7) is 5.84. The Bertz CT molecular complexity index is 1160. The molecule has 7 nitrogen and oxygen atoms in total. The Morgan fingerprint density at radius 3 is 2.79 bits per heavy atom. The van der Waals surface area contributed by atoms with Crippen LogP contribution in [-0.2, 0) is 0 Å². The number of hydrogen-bond acceptors (Lipinski definition) is 7. The fourth-order valence-corrected chi connectivity index (χ4v) is 5.43. The number of nitrogens with one attached hydrogen (secondary N) is 3. The highest BCUT2D eigenvalue weighted by atomic mass is 32.1. The van der Waals surface area contributed by atoms with Crippen LogP contribution >= 0.6 is 11.3 Å². The average molecular weight is 466 g/mol. The van der Waals surface area contributed by atoms with Crippen LogP contribution in [0.3, 0.4) is 0 Å². The predicted molar refractivity (Wildman–Crippen MR) is 133 cm³/mol. The number of benzene rings is 1. The highest BCUT2D eigenvalue weighted by Gasteiger charge is 2.52. The summed E-state index contributed by atoms with van der Waals surface area (Å²) in [7, 11) is 0. The minimum Gasteiger partial charge on any atom is -0.390 e. The van der Waals surface area contributed by atoms with E-state index in [0.29, 0.717) is 24.0 Å². The van der Waals surface area contributed by atoms with Crippen LogP contribution in [0.25, 0.3) is 10.2 Å². The Hall–Kier alpha value is -2.71. The largest absolute Gasteiger partial charge is 0.390 e. The summed E-state index contributed by atoms with van der Waals surface area (Å²) in [6, 6.07) is 8.40. The van der Waals surface area contributed by atoms with Gasteiger partial charge >= 0.3 is 0 Å². The molecule has 3 unspecified atom stereocenters. The Kier molecular flexibility index (Phi) is 5.74. The quantitative estimate of drug-likeness (QED) is 0.382. The number of carbonyl (C=O) groups excluding carboxylic acids is 1. The molecule has 4 N–H and O–H groups in total. The third-order valence-electron chi connectivity index (χ3n) is 7.26. The molecule has 2 fully saturated rings. The average Bonchev–Trinajstić information content (AvgIpc) is 3.16. The SMILES string of the molecule is CC(CNC(=O)c1cnc(Nc2ccc3ncsc3c2)cc1NC1C2CCCC21)C(C)(C)O. The van der Waals surface area contributed by atoms with E-state index in [-0.39, 0.29) is 11.8 Å². The lowest BCUT2D eigenvalue weighted by atomic mass is 9.93. The first-order valence-electron chi connectivity index (χ1n) is 11.7. The Morgan fingerprint density at radius 2 is 2.03 bits per heavy atom. The number of aromatic nitrogens is 2. The second kappa shape index (κ2) is 8.57. The Balaban J connectivity index is 1.36. The maximum absolute atomic E-state index is 13.0. The van der Waals surface area contributed by atoms with Crippen LogP contribution in [0, 0.1) is 17.8 Å². The first kappa shape index (κ1) is 22.1. The molecule has 0 saturated heterocycles. The zero-order valence-electron chi connectivity index (χ0n) is 19.3. The predicted octanol–water partition coefficient (Wildman–Crippen LogP) is 4.78. The molecule has 2 heterocycles. The van der Waals surface area contributed by atoms with Crippen molar-refractivity contribution >= 4 is 44.7 Å². The molecule has 0 aliphatic heterocycles. The highest BCUT2D eigenvalue weighted by Crippen LogP contribution is 2.53. The van der Waals surface area contributed by atoms with E-state index in [1.165, 1.54) is 19.3 Å². The molecule has 5 rings (SSSR count). The van der Waals surface area contributed by atoms with Crippen LogP contribution in [0.1, 0.15) is 50.4 Å². The van der Waals surface area contributed by atoms with E-state index < -0.39 is 5.60 Å². The number of thiazole rings is 1. The van der Waals surface area contributed by atoms with Crippen molar-refractivity contribution < 1.29 is 9.90 Å². The first-order valence-corrected chi connectivity index (χ1v) is 12.5. The maximum Gasteiger partial charge on any atom is 0.254 e. The van der Waals surface area contributed by atoms with Crippen LogP contribution in [0.4, 0.5) is 17.2 Å². The molecule has 2 aliphatic rings. The third kappa shape index (κ3) is 4.68. The molecule has 2 aliphatic carbocycles. The molecule has 0 radical (unpaired) electrons. The summed E-state index contributed by atoms with van der Waals surface area (Å²) in [4.78, 5) is 21.9. The number of nitrogens with zero attached hydrogens (tertiary/aromatic N) is 2. The molecule has 3 atom stereocenters.